The van der Waals surface area contributed by atoms with E-state index in [4.69, 9.17) is 0 Å². The van der Waals surface area contributed by atoms with Crippen molar-refractivity contribution >= 4 is 18.3 Å². The molecule has 0 saturated carbocycles. The molecule has 1 unspecified atom stereocenters. The number of hydrogen-bond acceptors (Lipinski definition) is 4. The van der Waals surface area contributed by atoms with Crippen molar-refractivity contribution in [2.45, 2.75) is 19.8 Å². The molecule has 0 bridgehead atoms. The minimum atomic E-state index is -0.461. The number of aryl methyl sites for hydroxylation is 1. The second kappa shape index (κ2) is 9.10. The second-order valence-corrected chi connectivity index (χ2v) is 6.68. The average Bonchev–Trinajstić information content (AvgIpc) is 2.63. The van der Waals surface area contributed by atoms with Gasteiger partial charge in [0.1, 0.15) is 11.5 Å². The number of likely N-dealkylation sites (tertiary alicyclic amines) is 1. The molecule has 8 heteroatoms. The fourth-order valence-corrected chi connectivity index (χ4v) is 3.42. The second-order valence-electron chi connectivity index (χ2n) is 6.68. The van der Waals surface area contributed by atoms with E-state index in [1.54, 1.807) is 30.0 Å². The number of nitrogens with zero attached hydrogens (tertiary/aromatic N) is 3. The van der Waals surface area contributed by atoms with E-state index in [-0.39, 0.29) is 29.7 Å². The lowest BCUT2D eigenvalue weighted by Gasteiger charge is -2.32. The van der Waals surface area contributed by atoms with Gasteiger partial charge in [-0.1, -0.05) is 12.1 Å². The quantitative estimate of drug-likeness (QED) is 0.863. The fourth-order valence-electron chi connectivity index (χ4n) is 3.42. The van der Waals surface area contributed by atoms with Crippen LogP contribution in [0.25, 0.3) is 5.69 Å². The van der Waals surface area contributed by atoms with Crippen LogP contribution < -0.4 is 10.7 Å². The van der Waals surface area contributed by atoms with Gasteiger partial charge in [-0.05, 0) is 51.4 Å². The van der Waals surface area contributed by atoms with E-state index in [0.29, 0.717) is 24.7 Å². The van der Waals surface area contributed by atoms with Gasteiger partial charge in [0, 0.05) is 24.8 Å². The van der Waals surface area contributed by atoms with Crippen molar-refractivity contribution in [1.29, 1.82) is 0 Å². The lowest BCUT2D eigenvalue weighted by atomic mass is 9.98. The third-order valence-electron chi connectivity index (χ3n) is 4.69. The number of carbonyl (C=O) groups excluding carboxylic acids is 1. The van der Waals surface area contributed by atoms with E-state index in [1.807, 2.05) is 7.05 Å². The molecule has 146 valence electrons. The summed E-state index contributed by atoms with van der Waals surface area (Å²) in [6, 6.07) is 7.49. The van der Waals surface area contributed by atoms with Crippen LogP contribution in [0.2, 0.25) is 0 Å². The van der Waals surface area contributed by atoms with E-state index < -0.39 is 11.2 Å². The highest BCUT2D eigenvalue weighted by Gasteiger charge is 2.27. The third kappa shape index (κ3) is 4.54. The van der Waals surface area contributed by atoms with Crippen molar-refractivity contribution in [1.82, 2.24) is 20.0 Å². The Kier molecular flexibility index (Phi) is 7.10. The molecule has 1 aromatic heterocycles. The molecule has 1 aliphatic rings. The van der Waals surface area contributed by atoms with Gasteiger partial charge in [0.2, 0.25) is 5.43 Å². The first-order valence-electron chi connectivity index (χ1n) is 8.81. The van der Waals surface area contributed by atoms with Crippen molar-refractivity contribution < 1.29 is 9.18 Å². The van der Waals surface area contributed by atoms with Gasteiger partial charge in [-0.3, -0.25) is 9.59 Å². The van der Waals surface area contributed by atoms with Crippen LogP contribution in [0.3, 0.4) is 0 Å². The molecule has 0 spiro atoms. The number of halogens is 2. The zero-order valence-corrected chi connectivity index (χ0v) is 16.3. The normalized spacial score (nSPS) is 16.7. The zero-order chi connectivity index (χ0) is 18.7. The molecule has 2 aromatic rings. The van der Waals surface area contributed by atoms with Gasteiger partial charge < -0.3 is 10.2 Å². The van der Waals surface area contributed by atoms with Gasteiger partial charge in [0.15, 0.2) is 5.69 Å². The van der Waals surface area contributed by atoms with Crippen LogP contribution in [0.5, 0.6) is 0 Å². The smallest absolute Gasteiger partial charge is 0.278 e. The molecule has 1 saturated heterocycles. The van der Waals surface area contributed by atoms with Gasteiger partial charge in [-0.15, -0.1) is 12.4 Å². The summed E-state index contributed by atoms with van der Waals surface area (Å²) < 4.78 is 15.5. The lowest BCUT2D eigenvalue weighted by molar-refractivity contribution is 0.0664. The number of amides is 1. The van der Waals surface area contributed by atoms with Crippen LogP contribution in [-0.2, 0) is 0 Å². The van der Waals surface area contributed by atoms with Gasteiger partial charge in [-0.25, -0.2) is 9.07 Å². The summed E-state index contributed by atoms with van der Waals surface area (Å²) in [4.78, 5) is 26.9. The van der Waals surface area contributed by atoms with Crippen molar-refractivity contribution in [2.75, 3.05) is 26.7 Å². The van der Waals surface area contributed by atoms with Crippen LogP contribution in [0.1, 0.15) is 29.0 Å². The van der Waals surface area contributed by atoms with Crippen molar-refractivity contribution in [2.24, 2.45) is 5.92 Å². The summed E-state index contributed by atoms with van der Waals surface area (Å²) in [5.41, 5.74) is 0.0916. The summed E-state index contributed by atoms with van der Waals surface area (Å²) >= 11 is 0. The first-order chi connectivity index (χ1) is 12.5. The Morgan fingerprint density at radius 1 is 1.37 bits per heavy atom. The fraction of sp³-hybridized carbons (Fsp3) is 0.421. The van der Waals surface area contributed by atoms with E-state index >= 15 is 0 Å². The van der Waals surface area contributed by atoms with E-state index in [1.165, 1.54) is 16.8 Å². The van der Waals surface area contributed by atoms with E-state index in [2.05, 4.69) is 10.4 Å². The summed E-state index contributed by atoms with van der Waals surface area (Å²) in [7, 11) is 1.88. The summed E-state index contributed by atoms with van der Waals surface area (Å²) in [6.07, 6.45) is 1.94. The Bertz CT molecular complexity index is 869. The first kappa shape index (κ1) is 21.1. The monoisotopic (exact) mass is 394 g/mol. The molecule has 1 fully saturated rings. The number of nitrogens with one attached hydrogen (secondary N) is 1. The van der Waals surface area contributed by atoms with Crippen LogP contribution in [0.15, 0.2) is 35.1 Å². The predicted molar refractivity (Wildman–Crippen MR) is 104 cm³/mol. The summed E-state index contributed by atoms with van der Waals surface area (Å²) in [5.74, 6) is -0.491. The first-order valence-corrected chi connectivity index (χ1v) is 8.81. The standard InChI is InChI=1S/C19H23FN4O2.ClH/c1-13-10-17(25)18(22-24(13)16-8-4-3-7-15(16)20)19(26)23-9-5-6-14(12-23)11-21-2;/h3-4,7-8,10,14,21H,5-6,9,11-12H2,1-2H3;1H. The van der Waals surface area contributed by atoms with Crippen molar-refractivity contribution in [3.63, 3.8) is 0 Å². The molecule has 27 heavy (non-hydrogen) atoms. The van der Waals surface area contributed by atoms with Gasteiger partial charge in [0.05, 0.1) is 0 Å². The average molecular weight is 395 g/mol. The molecule has 0 radical (unpaired) electrons. The molecule has 6 nitrogen and oxygen atoms in total. The highest BCUT2D eigenvalue weighted by Crippen LogP contribution is 2.18. The maximum atomic E-state index is 14.1. The SMILES string of the molecule is CNCC1CCCN(C(=O)c2nn(-c3ccccc3F)c(C)cc2=O)C1.Cl. The zero-order valence-electron chi connectivity index (χ0n) is 15.4. The molecule has 1 atom stereocenters. The Morgan fingerprint density at radius 3 is 2.81 bits per heavy atom. The molecule has 2 heterocycles. The number of benzene rings is 1. The number of piperidine rings is 1. The minimum Gasteiger partial charge on any atom is -0.337 e. The molecule has 1 N–H and O–H groups in total. The van der Waals surface area contributed by atoms with Crippen LogP contribution in [-0.4, -0.2) is 47.3 Å². The highest BCUT2D eigenvalue weighted by molar-refractivity contribution is 5.92. The Hall–Kier alpha value is -2.25. The maximum Gasteiger partial charge on any atom is 0.278 e. The topological polar surface area (TPSA) is 67.2 Å². The van der Waals surface area contributed by atoms with Gasteiger partial charge in [-0.2, -0.15) is 5.10 Å². The summed E-state index contributed by atoms with van der Waals surface area (Å²) in [5, 5.41) is 7.34. The van der Waals surface area contributed by atoms with Crippen LogP contribution >= 0.6 is 12.4 Å². The Balaban J connectivity index is 0.00000261. The van der Waals surface area contributed by atoms with Gasteiger partial charge >= 0.3 is 0 Å². The largest absolute Gasteiger partial charge is 0.337 e. The van der Waals surface area contributed by atoms with Gasteiger partial charge in [0.25, 0.3) is 5.91 Å². The Labute approximate surface area is 163 Å². The van der Waals surface area contributed by atoms with Crippen molar-refractivity contribution in [3.05, 3.63) is 57.8 Å². The Morgan fingerprint density at radius 2 is 2.11 bits per heavy atom. The molecule has 3 rings (SSSR count). The number of rotatable bonds is 4. The summed E-state index contributed by atoms with van der Waals surface area (Å²) in [6.45, 7) is 3.69. The molecule has 1 amide bonds. The van der Waals surface area contributed by atoms with E-state index in [9.17, 15) is 14.0 Å². The number of para-hydroxylation sites is 1. The van der Waals surface area contributed by atoms with Crippen molar-refractivity contribution in [3.8, 4) is 5.69 Å². The maximum absolute atomic E-state index is 14.1. The third-order valence-corrected chi connectivity index (χ3v) is 4.69. The highest BCUT2D eigenvalue weighted by atomic mass is 35.5. The lowest BCUT2D eigenvalue weighted by Crippen LogP contribution is -2.44. The molecular weight excluding hydrogens is 371 g/mol. The minimum absolute atomic E-state index is 0. The molecule has 0 aliphatic carbocycles. The number of aromatic nitrogens is 2. The number of carbonyl (C=O) groups is 1. The molecule has 1 aromatic carbocycles. The predicted octanol–water partition coefficient (Wildman–Crippen LogP) is 2.17. The van der Waals surface area contributed by atoms with Crippen LogP contribution in [0.4, 0.5) is 4.39 Å². The molecular formula is C19H24ClFN4O2. The van der Waals surface area contributed by atoms with E-state index in [0.717, 1.165) is 19.4 Å². The molecule has 1 aliphatic heterocycles. The number of hydrogen-bond donors (Lipinski definition) is 1. The van der Waals surface area contributed by atoms with Crippen LogP contribution in [0, 0.1) is 18.7 Å².